The first-order valence-corrected chi connectivity index (χ1v) is 4.13. The maximum Gasteiger partial charge on any atom is 0.207 e. The molecule has 0 heterocycles. The summed E-state index contributed by atoms with van der Waals surface area (Å²) in [5, 5.41) is 8.85. The van der Waals surface area contributed by atoms with Crippen LogP contribution in [0, 0.1) is 11.5 Å². The minimum absolute atomic E-state index is 0.0897. The first kappa shape index (κ1) is 10.4. The van der Waals surface area contributed by atoms with E-state index < -0.39 is 0 Å². The number of nitrogens with zero attached hydrogens (tertiary/aromatic N) is 2. The summed E-state index contributed by atoms with van der Waals surface area (Å²) in [5.41, 5.74) is 6.05. The van der Waals surface area contributed by atoms with E-state index in [0.717, 1.165) is 0 Å². The van der Waals surface area contributed by atoms with Crippen molar-refractivity contribution in [3.8, 4) is 11.9 Å². The summed E-state index contributed by atoms with van der Waals surface area (Å²) >= 11 is 5.77. The smallest absolute Gasteiger partial charge is 0.207 e. The SMILES string of the molecule is COc1ccc(Cl)cc1C(N)=NC#N. The van der Waals surface area contributed by atoms with Gasteiger partial charge in [-0.1, -0.05) is 11.6 Å². The molecule has 0 aliphatic carbocycles. The van der Waals surface area contributed by atoms with Crippen LogP contribution >= 0.6 is 11.6 Å². The zero-order chi connectivity index (χ0) is 10.6. The molecule has 0 aliphatic rings. The maximum atomic E-state index is 8.34. The van der Waals surface area contributed by atoms with E-state index in [2.05, 4.69) is 4.99 Å². The van der Waals surface area contributed by atoms with Gasteiger partial charge in [-0.2, -0.15) is 10.3 Å². The van der Waals surface area contributed by atoms with Crippen molar-refractivity contribution < 1.29 is 4.74 Å². The molecule has 1 rings (SSSR count). The van der Waals surface area contributed by atoms with E-state index in [1.165, 1.54) is 7.11 Å². The van der Waals surface area contributed by atoms with E-state index >= 15 is 0 Å². The summed E-state index contributed by atoms with van der Waals surface area (Å²) in [7, 11) is 1.51. The lowest BCUT2D eigenvalue weighted by Gasteiger charge is -2.06. The number of hydrogen-bond acceptors (Lipinski definition) is 3. The van der Waals surface area contributed by atoms with Gasteiger partial charge in [0, 0.05) is 5.02 Å². The maximum absolute atomic E-state index is 8.34. The number of hydrogen-bond donors (Lipinski definition) is 1. The van der Waals surface area contributed by atoms with Crippen molar-refractivity contribution in [3.05, 3.63) is 28.8 Å². The Morgan fingerprint density at radius 2 is 2.36 bits per heavy atom. The fourth-order valence-corrected chi connectivity index (χ4v) is 1.17. The number of methoxy groups -OCH3 is 1. The molecule has 0 spiro atoms. The van der Waals surface area contributed by atoms with Crippen LogP contribution in [0.4, 0.5) is 0 Å². The van der Waals surface area contributed by atoms with Gasteiger partial charge in [-0.05, 0) is 18.2 Å². The molecule has 0 atom stereocenters. The van der Waals surface area contributed by atoms with Gasteiger partial charge in [0.1, 0.15) is 11.6 Å². The number of halogens is 1. The fourth-order valence-electron chi connectivity index (χ4n) is 0.994. The lowest BCUT2D eigenvalue weighted by molar-refractivity contribution is 0.414. The Bertz CT molecular complexity index is 409. The zero-order valence-electron chi connectivity index (χ0n) is 7.49. The average Bonchev–Trinajstić information content (AvgIpc) is 2.18. The number of nitriles is 1. The van der Waals surface area contributed by atoms with Crippen LogP contribution in [0.1, 0.15) is 5.56 Å². The van der Waals surface area contributed by atoms with Crippen molar-refractivity contribution in [2.75, 3.05) is 7.11 Å². The Hall–Kier alpha value is -1.73. The van der Waals surface area contributed by atoms with Crippen LogP contribution < -0.4 is 10.5 Å². The minimum atomic E-state index is 0.0897. The van der Waals surface area contributed by atoms with Crippen molar-refractivity contribution in [2.45, 2.75) is 0 Å². The molecule has 1 aromatic rings. The van der Waals surface area contributed by atoms with Crippen molar-refractivity contribution in [1.82, 2.24) is 0 Å². The van der Waals surface area contributed by atoms with Gasteiger partial charge in [0.25, 0.3) is 0 Å². The molecule has 0 aliphatic heterocycles. The van der Waals surface area contributed by atoms with E-state index in [1.807, 2.05) is 0 Å². The standard InChI is InChI=1S/C9H8ClN3O/c1-14-8-3-2-6(10)4-7(8)9(12)13-5-11/h2-4H,1H3,(H2,12,13). The summed E-state index contributed by atoms with van der Waals surface area (Å²) in [6.45, 7) is 0. The summed E-state index contributed by atoms with van der Waals surface area (Å²) in [6, 6.07) is 4.93. The Kier molecular flexibility index (Phi) is 3.32. The molecule has 0 fully saturated rings. The largest absolute Gasteiger partial charge is 0.496 e. The highest BCUT2D eigenvalue weighted by Gasteiger charge is 2.07. The van der Waals surface area contributed by atoms with Gasteiger partial charge in [-0.25, -0.2) is 0 Å². The predicted octanol–water partition coefficient (Wildman–Crippen LogP) is 1.53. The van der Waals surface area contributed by atoms with Gasteiger partial charge >= 0.3 is 0 Å². The molecule has 0 unspecified atom stereocenters. The normalized spacial score (nSPS) is 10.8. The molecule has 0 aromatic heterocycles. The first-order valence-electron chi connectivity index (χ1n) is 3.75. The van der Waals surface area contributed by atoms with E-state index in [-0.39, 0.29) is 5.84 Å². The second kappa shape index (κ2) is 4.49. The minimum Gasteiger partial charge on any atom is -0.496 e. The molecular weight excluding hydrogens is 202 g/mol. The topological polar surface area (TPSA) is 71.4 Å². The van der Waals surface area contributed by atoms with Gasteiger partial charge in [0.15, 0.2) is 0 Å². The second-order valence-electron chi connectivity index (χ2n) is 2.44. The van der Waals surface area contributed by atoms with Gasteiger partial charge in [-0.3, -0.25) is 0 Å². The highest BCUT2D eigenvalue weighted by atomic mass is 35.5. The van der Waals surface area contributed by atoms with Gasteiger partial charge in [0.2, 0.25) is 6.19 Å². The van der Waals surface area contributed by atoms with Crippen molar-refractivity contribution in [1.29, 1.82) is 5.26 Å². The van der Waals surface area contributed by atoms with E-state index in [4.69, 9.17) is 27.3 Å². The highest BCUT2D eigenvalue weighted by molar-refractivity contribution is 6.31. The first-order chi connectivity index (χ1) is 6.69. The average molecular weight is 210 g/mol. The lowest BCUT2D eigenvalue weighted by Crippen LogP contribution is -2.14. The summed E-state index contributed by atoms with van der Waals surface area (Å²) in [6.07, 6.45) is 1.60. The molecule has 1 aromatic carbocycles. The number of amidine groups is 1. The number of ether oxygens (including phenoxy) is 1. The molecule has 2 N–H and O–H groups in total. The molecule has 0 amide bonds. The lowest BCUT2D eigenvalue weighted by atomic mass is 10.2. The summed E-state index contributed by atoms with van der Waals surface area (Å²) < 4.78 is 5.04. The van der Waals surface area contributed by atoms with Crippen LogP contribution in [-0.4, -0.2) is 12.9 Å². The van der Waals surface area contributed by atoms with Crippen molar-refractivity contribution in [2.24, 2.45) is 10.7 Å². The quantitative estimate of drug-likeness (QED) is 0.456. The third-order valence-corrected chi connectivity index (χ3v) is 1.84. The summed E-state index contributed by atoms with van der Waals surface area (Å²) in [5.74, 6) is 0.623. The third-order valence-electron chi connectivity index (χ3n) is 1.61. The van der Waals surface area contributed by atoms with Crippen molar-refractivity contribution in [3.63, 3.8) is 0 Å². The molecule has 0 bridgehead atoms. The number of aliphatic imine (C=N–C) groups is 1. The summed E-state index contributed by atoms with van der Waals surface area (Å²) in [4.78, 5) is 3.41. The van der Waals surface area contributed by atoms with Gasteiger partial charge in [-0.15, -0.1) is 0 Å². The molecule has 14 heavy (non-hydrogen) atoms. The van der Waals surface area contributed by atoms with E-state index in [1.54, 1.807) is 24.4 Å². The van der Waals surface area contributed by atoms with Crippen LogP contribution in [0.2, 0.25) is 5.02 Å². The van der Waals surface area contributed by atoms with Crippen LogP contribution in [0.3, 0.4) is 0 Å². The monoisotopic (exact) mass is 209 g/mol. The Balaban J connectivity index is 3.25. The van der Waals surface area contributed by atoms with Crippen LogP contribution in [-0.2, 0) is 0 Å². The van der Waals surface area contributed by atoms with Gasteiger partial charge in [0.05, 0.1) is 12.7 Å². The highest BCUT2D eigenvalue weighted by Crippen LogP contribution is 2.22. The Labute approximate surface area is 86.6 Å². The van der Waals surface area contributed by atoms with E-state index in [0.29, 0.717) is 16.3 Å². The predicted molar refractivity (Wildman–Crippen MR) is 54.3 cm³/mol. The molecule has 0 saturated heterocycles. The second-order valence-corrected chi connectivity index (χ2v) is 2.88. The third kappa shape index (κ3) is 2.15. The van der Waals surface area contributed by atoms with Crippen molar-refractivity contribution >= 4 is 17.4 Å². The number of nitrogens with two attached hydrogens (primary N) is 1. The van der Waals surface area contributed by atoms with Crippen LogP contribution in [0.15, 0.2) is 23.2 Å². The van der Waals surface area contributed by atoms with E-state index in [9.17, 15) is 0 Å². The molecule has 0 radical (unpaired) electrons. The van der Waals surface area contributed by atoms with Gasteiger partial charge < -0.3 is 10.5 Å². The van der Waals surface area contributed by atoms with Crippen LogP contribution in [0.25, 0.3) is 0 Å². The zero-order valence-corrected chi connectivity index (χ0v) is 8.25. The molecule has 72 valence electrons. The molecule has 0 saturated carbocycles. The van der Waals surface area contributed by atoms with Crippen LogP contribution in [0.5, 0.6) is 5.75 Å². The molecular formula is C9H8ClN3O. The number of rotatable bonds is 2. The Morgan fingerprint density at radius 3 is 2.93 bits per heavy atom. The fraction of sp³-hybridized carbons (Fsp3) is 0.111. The number of benzene rings is 1. The molecule has 5 heteroatoms. The Morgan fingerprint density at radius 1 is 1.64 bits per heavy atom. The molecule has 4 nitrogen and oxygen atoms in total.